The summed E-state index contributed by atoms with van der Waals surface area (Å²) in [6.45, 7) is 2.82. The molecule has 2 aliphatic rings. The number of hydrogen-bond acceptors (Lipinski definition) is 5. The lowest BCUT2D eigenvalue weighted by atomic mass is 9.72. The highest BCUT2D eigenvalue weighted by atomic mass is 16.5. The maximum atomic E-state index is 5.63. The summed E-state index contributed by atoms with van der Waals surface area (Å²) in [5.41, 5.74) is 5.78. The van der Waals surface area contributed by atoms with Crippen LogP contribution in [0.1, 0.15) is 17.2 Å². The summed E-state index contributed by atoms with van der Waals surface area (Å²) >= 11 is 0. The Balaban J connectivity index is 1.18. The Morgan fingerprint density at radius 2 is 1.64 bits per heavy atom. The van der Waals surface area contributed by atoms with E-state index in [4.69, 9.17) is 9.26 Å². The van der Waals surface area contributed by atoms with Crippen LogP contribution in [0.2, 0.25) is 0 Å². The van der Waals surface area contributed by atoms with E-state index in [0.717, 1.165) is 48.0 Å². The highest BCUT2D eigenvalue weighted by molar-refractivity contribution is 5.70. The summed E-state index contributed by atoms with van der Waals surface area (Å²) in [5, 5.41) is 7.93. The van der Waals surface area contributed by atoms with Gasteiger partial charge in [-0.2, -0.15) is 0 Å². The molecule has 5 heteroatoms. The summed E-state index contributed by atoms with van der Waals surface area (Å²) in [6, 6.07) is 30.4. The molecule has 3 atom stereocenters. The van der Waals surface area contributed by atoms with Crippen LogP contribution < -0.4 is 10.1 Å². The van der Waals surface area contributed by atoms with Crippen molar-refractivity contribution in [3.8, 4) is 28.2 Å². The number of rotatable bonds is 6. The number of hydrogen-bond donors (Lipinski definition) is 1. The molecule has 166 valence electrons. The largest absolute Gasteiger partial charge is 0.496 e. The average Bonchev–Trinajstić information content (AvgIpc) is 3.37. The van der Waals surface area contributed by atoms with Gasteiger partial charge in [-0.25, -0.2) is 0 Å². The molecule has 2 bridgehead atoms. The fourth-order valence-electron chi connectivity index (χ4n) is 5.44. The van der Waals surface area contributed by atoms with Gasteiger partial charge in [0, 0.05) is 54.8 Å². The highest BCUT2D eigenvalue weighted by Gasteiger charge is 2.51. The van der Waals surface area contributed by atoms with E-state index < -0.39 is 0 Å². The summed E-state index contributed by atoms with van der Waals surface area (Å²) in [6.07, 6.45) is 0. The molecule has 1 N–H and O–H groups in total. The molecule has 0 saturated carbocycles. The first kappa shape index (κ1) is 20.2. The number of fused-ring (bicyclic) bond motifs is 2. The molecule has 0 aliphatic carbocycles. The summed E-state index contributed by atoms with van der Waals surface area (Å²) in [4.78, 5) is 2.57. The van der Waals surface area contributed by atoms with Crippen molar-refractivity contribution in [1.29, 1.82) is 0 Å². The minimum Gasteiger partial charge on any atom is -0.496 e. The highest BCUT2D eigenvalue weighted by Crippen LogP contribution is 2.44. The lowest BCUT2D eigenvalue weighted by Crippen LogP contribution is -2.72. The molecule has 4 aromatic rings. The third kappa shape index (κ3) is 3.63. The van der Waals surface area contributed by atoms with E-state index in [0.29, 0.717) is 18.0 Å². The Morgan fingerprint density at radius 3 is 2.39 bits per heavy atom. The molecule has 33 heavy (non-hydrogen) atoms. The van der Waals surface area contributed by atoms with Crippen LogP contribution in [0.5, 0.6) is 5.75 Å². The van der Waals surface area contributed by atoms with E-state index in [1.807, 2.05) is 30.3 Å². The molecule has 3 aromatic carbocycles. The van der Waals surface area contributed by atoms with Gasteiger partial charge in [-0.1, -0.05) is 78.0 Å². The molecular weight excluding hydrogens is 410 g/mol. The molecule has 0 spiro atoms. The van der Waals surface area contributed by atoms with Crippen molar-refractivity contribution in [2.75, 3.05) is 20.2 Å². The van der Waals surface area contributed by atoms with E-state index in [1.54, 1.807) is 7.11 Å². The zero-order valence-corrected chi connectivity index (χ0v) is 18.6. The molecule has 5 nitrogen and oxygen atoms in total. The maximum Gasteiger partial charge on any atom is 0.167 e. The van der Waals surface area contributed by atoms with Crippen molar-refractivity contribution in [2.24, 2.45) is 0 Å². The number of nitrogens with zero attached hydrogens (tertiary/aromatic N) is 2. The van der Waals surface area contributed by atoms with Crippen molar-refractivity contribution in [3.05, 3.63) is 96.2 Å². The van der Waals surface area contributed by atoms with Crippen molar-refractivity contribution in [3.63, 3.8) is 0 Å². The third-order valence-electron chi connectivity index (χ3n) is 7.06. The third-order valence-corrected chi connectivity index (χ3v) is 7.06. The molecule has 0 radical (unpaired) electrons. The molecule has 2 saturated heterocycles. The predicted molar refractivity (Wildman–Crippen MR) is 129 cm³/mol. The minimum absolute atomic E-state index is 0.470. The maximum absolute atomic E-state index is 5.63. The first-order valence-corrected chi connectivity index (χ1v) is 11.5. The van der Waals surface area contributed by atoms with Crippen molar-refractivity contribution in [2.45, 2.75) is 24.5 Å². The lowest BCUT2D eigenvalue weighted by molar-refractivity contribution is -0.0496. The van der Waals surface area contributed by atoms with Crippen molar-refractivity contribution < 1.29 is 9.26 Å². The molecule has 1 unspecified atom stereocenters. The van der Waals surface area contributed by atoms with E-state index in [2.05, 4.69) is 70.0 Å². The SMILES string of the molecule is COc1ccccc1-c1ccc(C2[C@H]3CNC[C@@H]2N3Cc2cc(-c3ccccc3)on2)cc1. The number of benzene rings is 3. The van der Waals surface area contributed by atoms with E-state index in [-0.39, 0.29) is 0 Å². The molecule has 0 amide bonds. The topological polar surface area (TPSA) is 50.5 Å². The number of ether oxygens (including phenoxy) is 1. The van der Waals surface area contributed by atoms with Crippen LogP contribution in [-0.2, 0) is 6.54 Å². The standard InChI is InChI=1S/C28H27N3O2/c1-32-26-10-6-5-9-23(26)19-11-13-21(14-12-19)28-24-16-29-17-25(28)31(24)18-22-15-27(33-30-22)20-7-3-2-4-8-20/h2-15,24-25,28-29H,16-18H2,1H3/t24-,25+,28?. The van der Waals surface area contributed by atoms with Crippen LogP contribution in [0.3, 0.4) is 0 Å². The summed E-state index contributed by atoms with van der Waals surface area (Å²) < 4.78 is 11.2. The van der Waals surface area contributed by atoms with Gasteiger partial charge in [0.15, 0.2) is 5.76 Å². The van der Waals surface area contributed by atoms with Crippen LogP contribution >= 0.6 is 0 Å². The van der Waals surface area contributed by atoms with Gasteiger partial charge in [0.25, 0.3) is 0 Å². The van der Waals surface area contributed by atoms with E-state index in [1.165, 1.54) is 11.1 Å². The number of piperazine rings is 1. The monoisotopic (exact) mass is 437 g/mol. The van der Waals surface area contributed by atoms with Crippen LogP contribution in [0.15, 0.2) is 89.5 Å². The normalized spacial score (nSPS) is 22.0. The zero-order valence-electron chi connectivity index (χ0n) is 18.6. The van der Waals surface area contributed by atoms with Crippen LogP contribution in [-0.4, -0.2) is 42.3 Å². The molecule has 2 aliphatic heterocycles. The van der Waals surface area contributed by atoms with E-state index >= 15 is 0 Å². The molecule has 1 aromatic heterocycles. The number of aromatic nitrogens is 1. The second-order valence-corrected chi connectivity index (χ2v) is 8.86. The molecule has 6 rings (SSSR count). The van der Waals surface area contributed by atoms with Gasteiger partial charge in [0.05, 0.1) is 12.8 Å². The van der Waals surface area contributed by atoms with Gasteiger partial charge in [-0.3, -0.25) is 4.90 Å². The van der Waals surface area contributed by atoms with Crippen LogP contribution in [0.4, 0.5) is 0 Å². The Bertz CT molecular complexity index is 1220. The Hall–Kier alpha value is -3.41. The zero-order chi connectivity index (χ0) is 22.2. The number of para-hydroxylation sites is 1. The summed E-state index contributed by atoms with van der Waals surface area (Å²) in [5.74, 6) is 2.28. The molecule has 3 heterocycles. The first-order valence-electron chi connectivity index (χ1n) is 11.5. The smallest absolute Gasteiger partial charge is 0.167 e. The van der Waals surface area contributed by atoms with Gasteiger partial charge < -0.3 is 14.6 Å². The second-order valence-electron chi connectivity index (χ2n) is 8.86. The second kappa shape index (κ2) is 8.50. The van der Waals surface area contributed by atoms with Crippen molar-refractivity contribution >= 4 is 0 Å². The Morgan fingerprint density at radius 1 is 0.909 bits per heavy atom. The fourth-order valence-corrected chi connectivity index (χ4v) is 5.44. The van der Waals surface area contributed by atoms with Gasteiger partial charge in [-0.05, 0) is 17.2 Å². The quantitative estimate of drug-likeness (QED) is 0.462. The van der Waals surface area contributed by atoms with E-state index in [9.17, 15) is 0 Å². The molecular formula is C28H27N3O2. The Labute approximate surface area is 194 Å². The first-order chi connectivity index (χ1) is 16.3. The number of piperidine rings is 1. The number of likely N-dealkylation sites (tertiary alicyclic amines) is 1. The fraction of sp³-hybridized carbons (Fsp3) is 0.250. The van der Waals surface area contributed by atoms with Crippen LogP contribution in [0, 0.1) is 0 Å². The lowest BCUT2D eigenvalue weighted by Gasteiger charge is -2.59. The van der Waals surface area contributed by atoms with Gasteiger partial charge in [-0.15, -0.1) is 0 Å². The van der Waals surface area contributed by atoms with Crippen molar-refractivity contribution in [1.82, 2.24) is 15.4 Å². The summed E-state index contributed by atoms with van der Waals surface area (Å²) in [7, 11) is 1.72. The molecule has 2 fully saturated rings. The minimum atomic E-state index is 0.470. The average molecular weight is 438 g/mol. The number of nitrogens with one attached hydrogen (secondary N) is 1. The Kier molecular flexibility index (Phi) is 5.21. The number of methoxy groups -OCH3 is 1. The van der Waals surface area contributed by atoms with Gasteiger partial charge in [0.1, 0.15) is 5.75 Å². The van der Waals surface area contributed by atoms with Crippen LogP contribution in [0.25, 0.3) is 22.5 Å². The predicted octanol–water partition coefficient (Wildman–Crippen LogP) is 4.96. The van der Waals surface area contributed by atoms with Gasteiger partial charge >= 0.3 is 0 Å². The van der Waals surface area contributed by atoms with Gasteiger partial charge in [0.2, 0.25) is 0 Å².